The number of carbonyl (C=O) groups excluding carboxylic acids is 1. The van der Waals surface area contributed by atoms with Gasteiger partial charge in [0.2, 0.25) is 0 Å². The Bertz CT molecular complexity index is 2210. The van der Waals surface area contributed by atoms with Gasteiger partial charge < -0.3 is 10.5 Å². The van der Waals surface area contributed by atoms with Gasteiger partial charge in [-0.05, 0) is 29.8 Å². The minimum Gasteiger partial charge on any atom is -0.483 e. The maximum atomic E-state index is 12.4. The Morgan fingerprint density at radius 1 is 0.738 bits per heavy atom. The highest BCUT2D eigenvalue weighted by molar-refractivity contribution is 7.87. The molecule has 0 fully saturated rings. The predicted molar refractivity (Wildman–Crippen MR) is 152 cm³/mol. The van der Waals surface area contributed by atoms with Crippen LogP contribution in [0.3, 0.4) is 0 Å². The van der Waals surface area contributed by atoms with Gasteiger partial charge in [0, 0.05) is 44.1 Å². The zero-order valence-electron chi connectivity index (χ0n) is 20.9. The Morgan fingerprint density at radius 3 is 1.69 bits per heavy atom. The zero-order chi connectivity index (χ0) is 30.6. The van der Waals surface area contributed by atoms with Crippen LogP contribution in [-0.4, -0.2) is 57.6 Å². The molecule has 0 spiro atoms. The van der Waals surface area contributed by atoms with Crippen LogP contribution in [0.4, 0.5) is 5.69 Å². The summed E-state index contributed by atoms with van der Waals surface area (Å²) in [6.07, 6.45) is 1.34. The number of benzene rings is 5. The first kappa shape index (κ1) is 29.1. The number of carbonyl (C=O) groups is 1. The molecule has 0 unspecified atom stereocenters. The first-order valence-electron chi connectivity index (χ1n) is 11.6. The van der Waals surface area contributed by atoms with E-state index in [1.807, 2.05) is 0 Å². The van der Waals surface area contributed by atoms with E-state index >= 15 is 0 Å². The number of hydrogen-bond donors (Lipinski definition) is 5. The molecule has 0 atom stereocenters. The normalized spacial score (nSPS) is 12.9. The van der Waals surface area contributed by atoms with Gasteiger partial charge in [-0.3, -0.25) is 18.5 Å². The monoisotopic (exact) mass is 633 g/mol. The van der Waals surface area contributed by atoms with Gasteiger partial charge in [-0.2, -0.15) is 30.4 Å². The number of nitrogens with two attached hydrogens (primary N) is 1. The van der Waals surface area contributed by atoms with Crippen LogP contribution in [0.2, 0.25) is 0 Å². The average Bonchev–Trinajstić information content (AvgIpc) is 2.89. The number of anilines is 1. The SMILES string of the molecule is Nc1ccc(/C=N\NC(=O)COc2cc(S(=O)(=O)O)c3ccc4c(S(=O)(=O)O)cc(S(=O)(=O)O)c5ccc2c3c54)cc1. The summed E-state index contributed by atoms with van der Waals surface area (Å²) in [5.74, 6) is -1.02. The van der Waals surface area contributed by atoms with Gasteiger partial charge in [-0.15, -0.1) is 0 Å². The summed E-state index contributed by atoms with van der Waals surface area (Å²) in [6.45, 7) is -0.694. The van der Waals surface area contributed by atoms with E-state index in [4.69, 9.17) is 10.5 Å². The van der Waals surface area contributed by atoms with Gasteiger partial charge in [0.15, 0.2) is 6.61 Å². The smallest absolute Gasteiger partial charge is 0.295 e. The molecule has 5 aromatic rings. The van der Waals surface area contributed by atoms with Crippen LogP contribution in [0.5, 0.6) is 5.75 Å². The number of ether oxygens (including phenoxy) is 1. The van der Waals surface area contributed by atoms with E-state index in [0.29, 0.717) is 17.3 Å². The molecule has 0 aliphatic heterocycles. The predicted octanol–water partition coefficient (Wildman–Crippen LogP) is 2.44. The van der Waals surface area contributed by atoms with Crippen molar-refractivity contribution in [2.24, 2.45) is 5.10 Å². The molecular formula is C25H19N3O11S3. The van der Waals surface area contributed by atoms with Gasteiger partial charge in [0.05, 0.1) is 6.21 Å². The second-order valence-electron chi connectivity index (χ2n) is 8.99. The topological polar surface area (TPSA) is 240 Å². The van der Waals surface area contributed by atoms with Crippen LogP contribution in [0.25, 0.3) is 32.3 Å². The van der Waals surface area contributed by atoms with Crippen LogP contribution >= 0.6 is 0 Å². The van der Waals surface area contributed by atoms with E-state index in [1.54, 1.807) is 24.3 Å². The molecule has 1 amide bonds. The Hall–Kier alpha value is -4.39. The van der Waals surface area contributed by atoms with E-state index in [1.165, 1.54) is 18.3 Å². The van der Waals surface area contributed by atoms with Crippen LogP contribution in [0.1, 0.15) is 5.56 Å². The third-order valence-corrected chi connectivity index (χ3v) is 8.96. The molecule has 0 bridgehead atoms. The molecule has 0 aliphatic rings. The standard InChI is InChI=1S/C25H19N3O11S3/c26-14-3-1-13(2-4-14)11-27-28-23(29)12-39-19-9-20(40(30,31)32)16-7-8-18-22(42(36,37)38)10-21(41(33,34)35)17-6-5-15(19)24(16)25(17)18/h1-11H,12,26H2,(H,28,29)(H,30,31,32)(H,33,34,35)(H,36,37,38)/b27-11-. The summed E-state index contributed by atoms with van der Waals surface area (Å²) >= 11 is 0. The highest BCUT2D eigenvalue weighted by Crippen LogP contribution is 2.45. The number of nitrogens with zero attached hydrogens (tertiary/aromatic N) is 1. The van der Waals surface area contributed by atoms with Crippen LogP contribution in [-0.2, 0) is 35.1 Å². The number of hydrogen-bond acceptors (Lipinski definition) is 10. The Labute approximate surface area is 238 Å². The summed E-state index contributed by atoms with van der Waals surface area (Å²) in [4.78, 5) is 9.93. The molecular weight excluding hydrogens is 614 g/mol. The van der Waals surface area contributed by atoms with Crippen molar-refractivity contribution < 1.29 is 48.4 Å². The van der Waals surface area contributed by atoms with Crippen molar-refractivity contribution in [3.05, 3.63) is 66.2 Å². The molecule has 0 aliphatic carbocycles. The molecule has 5 aromatic carbocycles. The lowest BCUT2D eigenvalue weighted by molar-refractivity contribution is -0.123. The fraction of sp³-hybridized carbons (Fsp3) is 0.0400. The van der Waals surface area contributed by atoms with Gasteiger partial charge >= 0.3 is 0 Å². The van der Waals surface area contributed by atoms with Crippen molar-refractivity contribution in [2.45, 2.75) is 14.7 Å². The van der Waals surface area contributed by atoms with E-state index in [0.717, 1.165) is 18.2 Å². The molecule has 0 saturated carbocycles. The summed E-state index contributed by atoms with van der Waals surface area (Å²) in [5.41, 5.74) is 9.00. The molecule has 0 heterocycles. The van der Waals surface area contributed by atoms with Crippen LogP contribution in [0, 0.1) is 0 Å². The fourth-order valence-electron chi connectivity index (χ4n) is 4.56. The highest BCUT2D eigenvalue weighted by Gasteiger charge is 2.28. The zero-order valence-corrected chi connectivity index (χ0v) is 23.4. The summed E-state index contributed by atoms with van der Waals surface area (Å²) in [7, 11) is -15.1. The fourth-order valence-corrected chi connectivity index (χ4v) is 6.77. The molecule has 0 aromatic heterocycles. The third-order valence-electron chi connectivity index (χ3n) is 6.28. The molecule has 6 N–H and O–H groups in total. The van der Waals surface area contributed by atoms with E-state index in [9.17, 15) is 43.7 Å². The van der Waals surface area contributed by atoms with Crippen molar-refractivity contribution >= 4 is 80.5 Å². The van der Waals surface area contributed by atoms with Crippen LogP contribution in [0.15, 0.2) is 80.5 Å². The van der Waals surface area contributed by atoms with E-state index < -0.39 is 57.6 Å². The minimum atomic E-state index is -5.06. The molecule has 218 valence electrons. The van der Waals surface area contributed by atoms with Crippen molar-refractivity contribution in [2.75, 3.05) is 12.3 Å². The number of nitrogens with one attached hydrogen (secondary N) is 1. The number of hydrazone groups is 1. The lowest BCUT2D eigenvalue weighted by Gasteiger charge is -2.18. The second-order valence-corrected chi connectivity index (χ2v) is 13.2. The lowest BCUT2D eigenvalue weighted by Crippen LogP contribution is -2.24. The van der Waals surface area contributed by atoms with Gasteiger partial charge in [0.25, 0.3) is 36.3 Å². The Morgan fingerprint density at radius 2 is 1.19 bits per heavy atom. The van der Waals surface area contributed by atoms with Crippen molar-refractivity contribution in [1.82, 2.24) is 5.43 Å². The maximum absolute atomic E-state index is 12.4. The molecule has 0 saturated heterocycles. The van der Waals surface area contributed by atoms with Crippen molar-refractivity contribution in [3.8, 4) is 5.75 Å². The van der Waals surface area contributed by atoms with Crippen molar-refractivity contribution in [3.63, 3.8) is 0 Å². The number of nitrogen functional groups attached to an aromatic ring is 1. The summed E-state index contributed by atoms with van der Waals surface area (Å²) < 4.78 is 109. The van der Waals surface area contributed by atoms with Crippen LogP contribution < -0.4 is 15.9 Å². The largest absolute Gasteiger partial charge is 0.483 e. The highest BCUT2D eigenvalue weighted by atomic mass is 32.2. The van der Waals surface area contributed by atoms with Gasteiger partial charge in [-0.25, -0.2) is 5.43 Å². The first-order valence-corrected chi connectivity index (χ1v) is 15.9. The lowest BCUT2D eigenvalue weighted by atomic mass is 9.93. The maximum Gasteiger partial charge on any atom is 0.295 e. The molecule has 17 heteroatoms. The quantitative estimate of drug-likeness (QED) is 0.0544. The first-order chi connectivity index (χ1) is 19.6. The molecule has 0 radical (unpaired) electrons. The second kappa shape index (κ2) is 10.2. The number of amides is 1. The minimum absolute atomic E-state index is 0.0856. The summed E-state index contributed by atoms with van der Waals surface area (Å²) in [6, 6.07) is 12.9. The molecule has 5 rings (SSSR count). The molecule has 14 nitrogen and oxygen atoms in total. The Balaban J connectivity index is 1.67. The average molecular weight is 634 g/mol. The third kappa shape index (κ3) is 5.43. The van der Waals surface area contributed by atoms with E-state index in [-0.39, 0.29) is 38.1 Å². The van der Waals surface area contributed by atoms with Crippen molar-refractivity contribution in [1.29, 1.82) is 0 Å². The van der Waals surface area contributed by atoms with Gasteiger partial charge in [-0.1, -0.05) is 30.3 Å². The molecule has 42 heavy (non-hydrogen) atoms. The van der Waals surface area contributed by atoms with Gasteiger partial charge in [0.1, 0.15) is 20.4 Å². The Kier molecular flexibility index (Phi) is 7.04. The summed E-state index contributed by atoms with van der Waals surface area (Å²) in [5, 5.41) is 3.01. The van der Waals surface area contributed by atoms with E-state index in [2.05, 4.69) is 10.5 Å². The number of rotatable bonds is 8.